The molecule has 0 heterocycles. The average molecular weight is 272 g/mol. The van der Waals surface area contributed by atoms with E-state index in [0.717, 1.165) is 23.2 Å². The average Bonchev–Trinajstić information content (AvgIpc) is 2.22. The van der Waals surface area contributed by atoms with E-state index >= 15 is 0 Å². The van der Waals surface area contributed by atoms with Crippen molar-refractivity contribution in [3.8, 4) is 0 Å². The molecule has 106 valence electrons. The first kappa shape index (κ1) is 14.7. The summed E-state index contributed by atoms with van der Waals surface area (Å²) in [7, 11) is 4.40. The molecule has 2 heteroatoms. The molecule has 0 N–H and O–H groups in total. The van der Waals surface area contributed by atoms with Gasteiger partial charge in [0.05, 0.1) is 0 Å². The highest BCUT2D eigenvalue weighted by Gasteiger charge is 2.50. The SMILES string of the molecule is CN(C)CCCCC12CC3CC(CC(C3)C1)C2.Cl. The molecule has 0 aromatic carbocycles. The molecule has 0 aromatic rings. The molecule has 0 atom stereocenters. The number of nitrogens with zero attached hydrogens (tertiary/aromatic N) is 1. The first-order valence-electron chi connectivity index (χ1n) is 7.80. The predicted molar refractivity (Wildman–Crippen MR) is 80.3 cm³/mol. The summed E-state index contributed by atoms with van der Waals surface area (Å²) in [6, 6.07) is 0. The first-order chi connectivity index (χ1) is 8.15. The van der Waals surface area contributed by atoms with Gasteiger partial charge < -0.3 is 4.90 Å². The molecule has 4 saturated carbocycles. The van der Waals surface area contributed by atoms with E-state index in [1.54, 1.807) is 44.9 Å². The number of hydrogen-bond acceptors (Lipinski definition) is 1. The molecule has 0 amide bonds. The number of rotatable bonds is 5. The van der Waals surface area contributed by atoms with Crippen molar-refractivity contribution in [3.05, 3.63) is 0 Å². The van der Waals surface area contributed by atoms with Crippen LogP contribution in [0.25, 0.3) is 0 Å². The van der Waals surface area contributed by atoms with Crippen LogP contribution < -0.4 is 0 Å². The smallest absolute Gasteiger partial charge is 0.00248 e. The normalized spacial score (nSPS) is 41.2. The molecule has 18 heavy (non-hydrogen) atoms. The Hall–Kier alpha value is 0.250. The molecule has 0 radical (unpaired) electrons. The lowest BCUT2D eigenvalue weighted by Gasteiger charge is -2.57. The van der Waals surface area contributed by atoms with Crippen LogP contribution in [0, 0.1) is 23.2 Å². The van der Waals surface area contributed by atoms with Gasteiger partial charge in [-0.1, -0.05) is 6.42 Å². The van der Waals surface area contributed by atoms with Crippen LogP contribution in [-0.4, -0.2) is 25.5 Å². The van der Waals surface area contributed by atoms with Crippen molar-refractivity contribution in [2.24, 2.45) is 23.2 Å². The number of hydrogen-bond donors (Lipinski definition) is 0. The molecule has 4 bridgehead atoms. The van der Waals surface area contributed by atoms with Gasteiger partial charge >= 0.3 is 0 Å². The summed E-state index contributed by atoms with van der Waals surface area (Å²) < 4.78 is 0. The maximum Gasteiger partial charge on any atom is -0.00248 e. The molecule has 0 saturated heterocycles. The quantitative estimate of drug-likeness (QED) is 0.672. The lowest BCUT2D eigenvalue weighted by molar-refractivity contribution is -0.0584. The third kappa shape index (κ3) is 3.04. The molecule has 1 nitrogen and oxygen atoms in total. The zero-order chi connectivity index (χ0) is 11.9. The van der Waals surface area contributed by atoms with Crippen LogP contribution in [0.5, 0.6) is 0 Å². The van der Waals surface area contributed by atoms with Gasteiger partial charge in [0.1, 0.15) is 0 Å². The highest BCUT2D eigenvalue weighted by Crippen LogP contribution is 2.61. The van der Waals surface area contributed by atoms with Crippen molar-refractivity contribution in [3.63, 3.8) is 0 Å². The van der Waals surface area contributed by atoms with E-state index in [4.69, 9.17) is 0 Å². The summed E-state index contributed by atoms with van der Waals surface area (Å²) in [4.78, 5) is 2.33. The zero-order valence-electron chi connectivity index (χ0n) is 12.2. The molecule has 4 fully saturated rings. The standard InChI is InChI=1S/C16H29N.ClH/c1-17(2)6-4-3-5-16-10-13-7-14(11-16)9-15(8-13)12-16;/h13-15H,3-12H2,1-2H3;1H. The van der Waals surface area contributed by atoms with E-state index in [2.05, 4.69) is 19.0 Å². The maximum atomic E-state index is 2.33. The van der Waals surface area contributed by atoms with Gasteiger partial charge in [0.15, 0.2) is 0 Å². The summed E-state index contributed by atoms with van der Waals surface area (Å²) in [6.07, 6.45) is 14.0. The van der Waals surface area contributed by atoms with Gasteiger partial charge in [0.25, 0.3) is 0 Å². The summed E-state index contributed by atoms with van der Waals surface area (Å²) in [5.41, 5.74) is 0.820. The highest BCUT2D eigenvalue weighted by molar-refractivity contribution is 5.85. The van der Waals surface area contributed by atoms with Crippen LogP contribution >= 0.6 is 12.4 Å². The molecule has 4 aliphatic rings. The van der Waals surface area contributed by atoms with Crippen molar-refractivity contribution in [1.29, 1.82) is 0 Å². The Morgan fingerprint density at radius 2 is 1.39 bits per heavy atom. The molecule has 0 aliphatic heterocycles. The molecule has 4 rings (SSSR count). The second-order valence-corrected chi connectivity index (χ2v) is 7.68. The van der Waals surface area contributed by atoms with Crippen molar-refractivity contribution in [2.45, 2.75) is 57.8 Å². The fraction of sp³-hybridized carbons (Fsp3) is 1.00. The van der Waals surface area contributed by atoms with Crippen LogP contribution in [0.3, 0.4) is 0 Å². The van der Waals surface area contributed by atoms with Gasteiger partial charge in [-0.3, -0.25) is 0 Å². The van der Waals surface area contributed by atoms with E-state index in [1.807, 2.05) is 0 Å². The molecular formula is C16H30ClN. The van der Waals surface area contributed by atoms with Crippen LogP contribution in [-0.2, 0) is 0 Å². The van der Waals surface area contributed by atoms with Crippen LogP contribution in [0.1, 0.15) is 57.8 Å². The van der Waals surface area contributed by atoms with Crippen molar-refractivity contribution in [1.82, 2.24) is 4.90 Å². The van der Waals surface area contributed by atoms with Crippen LogP contribution in [0.2, 0.25) is 0 Å². The molecule has 4 aliphatic carbocycles. The minimum Gasteiger partial charge on any atom is -0.309 e. The second kappa shape index (κ2) is 5.71. The first-order valence-corrected chi connectivity index (χ1v) is 7.80. The molecule has 0 aromatic heterocycles. The van der Waals surface area contributed by atoms with E-state index in [9.17, 15) is 0 Å². The van der Waals surface area contributed by atoms with Crippen LogP contribution in [0.15, 0.2) is 0 Å². The minimum absolute atomic E-state index is 0. The van der Waals surface area contributed by atoms with Crippen molar-refractivity contribution in [2.75, 3.05) is 20.6 Å². The monoisotopic (exact) mass is 271 g/mol. The zero-order valence-corrected chi connectivity index (χ0v) is 13.0. The Morgan fingerprint density at radius 1 is 0.889 bits per heavy atom. The van der Waals surface area contributed by atoms with E-state index in [0.29, 0.717) is 0 Å². The maximum absolute atomic E-state index is 2.33. The summed E-state index contributed by atoms with van der Waals surface area (Å²) in [5, 5.41) is 0. The van der Waals surface area contributed by atoms with E-state index in [1.165, 1.54) is 19.4 Å². The van der Waals surface area contributed by atoms with Gasteiger partial charge in [0.2, 0.25) is 0 Å². The van der Waals surface area contributed by atoms with Crippen molar-refractivity contribution < 1.29 is 0 Å². The lowest BCUT2D eigenvalue weighted by Crippen LogP contribution is -2.45. The molecule has 0 spiro atoms. The van der Waals surface area contributed by atoms with Gasteiger partial charge in [-0.2, -0.15) is 0 Å². The molecule has 0 unspecified atom stereocenters. The Bertz CT molecular complexity index is 239. The van der Waals surface area contributed by atoms with Gasteiger partial charge in [-0.25, -0.2) is 0 Å². The minimum atomic E-state index is 0. The summed E-state index contributed by atoms with van der Waals surface area (Å²) in [5.74, 6) is 3.40. The van der Waals surface area contributed by atoms with E-state index in [-0.39, 0.29) is 12.4 Å². The van der Waals surface area contributed by atoms with Gasteiger partial charge in [-0.15, -0.1) is 12.4 Å². The fourth-order valence-electron chi connectivity index (χ4n) is 5.52. The third-order valence-electron chi connectivity index (χ3n) is 5.73. The fourth-order valence-corrected chi connectivity index (χ4v) is 5.52. The Kier molecular flexibility index (Phi) is 4.65. The summed E-state index contributed by atoms with van der Waals surface area (Å²) >= 11 is 0. The number of halogens is 1. The van der Waals surface area contributed by atoms with Gasteiger partial charge in [-0.05, 0) is 95.2 Å². The topological polar surface area (TPSA) is 3.24 Å². The number of unbranched alkanes of at least 4 members (excludes halogenated alkanes) is 1. The van der Waals surface area contributed by atoms with E-state index < -0.39 is 0 Å². The second-order valence-electron chi connectivity index (χ2n) is 7.68. The molecular weight excluding hydrogens is 242 g/mol. The lowest BCUT2D eigenvalue weighted by atomic mass is 9.48. The van der Waals surface area contributed by atoms with Gasteiger partial charge in [0, 0.05) is 0 Å². The predicted octanol–water partition coefficient (Wildman–Crippen LogP) is 4.36. The summed E-state index contributed by atoms with van der Waals surface area (Å²) in [6.45, 7) is 1.28. The Balaban J connectivity index is 0.00000120. The van der Waals surface area contributed by atoms with Crippen molar-refractivity contribution >= 4 is 12.4 Å². The Labute approximate surface area is 119 Å². The highest BCUT2D eigenvalue weighted by atomic mass is 35.5. The van der Waals surface area contributed by atoms with Crippen LogP contribution in [0.4, 0.5) is 0 Å². The largest absolute Gasteiger partial charge is 0.309 e. The Morgan fingerprint density at radius 3 is 1.83 bits per heavy atom. The third-order valence-corrected chi connectivity index (χ3v) is 5.73.